The highest BCUT2D eigenvalue weighted by molar-refractivity contribution is 5.72. The number of hydrogen-bond donors (Lipinski definition) is 2. The van der Waals surface area contributed by atoms with Crippen molar-refractivity contribution < 1.29 is 9.53 Å². The predicted octanol–water partition coefficient (Wildman–Crippen LogP) is 4.73. The average molecular weight is 341 g/mol. The maximum atomic E-state index is 12.1. The van der Waals surface area contributed by atoms with E-state index in [1.807, 2.05) is 6.92 Å². The van der Waals surface area contributed by atoms with Gasteiger partial charge in [0.05, 0.1) is 12.5 Å². The zero-order valence-electron chi connectivity index (χ0n) is 15.9. The van der Waals surface area contributed by atoms with E-state index in [4.69, 9.17) is 4.74 Å². The molecule has 0 radical (unpaired) electrons. The minimum absolute atomic E-state index is 0.0143. The maximum absolute atomic E-state index is 12.1. The van der Waals surface area contributed by atoms with Crippen molar-refractivity contribution in [3.8, 4) is 0 Å². The van der Waals surface area contributed by atoms with Crippen molar-refractivity contribution in [3.05, 3.63) is 0 Å². The Bertz CT molecular complexity index is 277. The minimum atomic E-state index is -0.0438. The third kappa shape index (κ3) is 11.9. The number of hydrazine groups is 1. The summed E-state index contributed by atoms with van der Waals surface area (Å²) in [6.07, 6.45) is 18.2. The molecule has 0 aliphatic carbocycles. The lowest BCUT2D eigenvalue weighted by Gasteiger charge is -2.16. The van der Waals surface area contributed by atoms with Crippen molar-refractivity contribution >= 4 is 5.97 Å². The van der Waals surface area contributed by atoms with Gasteiger partial charge < -0.3 is 4.74 Å². The molecule has 1 aliphatic rings. The van der Waals surface area contributed by atoms with Gasteiger partial charge in [-0.1, -0.05) is 77.0 Å². The van der Waals surface area contributed by atoms with Gasteiger partial charge in [-0.25, -0.2) is 0 Å². The summed E-state index contributed by atoms with van der Waals surface area (Å²) in [4.78, 5) is 12.1. The molecule has 24 heavy (non-hydrogen) atoms. The number of esters is 1. The van der Waals surface area contributed by atoms with E-state index in [1.54, 1.807) is 0 Å². The normalized spacial score (nSPS) is 24.3. The third-order valence-corrected chi connectivity index (χ3v) is 4.95. The number of rotatable bonds is 2. The molecule has 1 heterocycles. The lowest BCUT2D eigenvalue weighted by atomic mass is 10.00. The van der Waals surface area contributed by atoms with Crippen LogP contribution in [0.3, 0.4) is 0 Å². The second kappa shape index (κ2) is 15.9. The van der Waals surface area contributed by atoms with Crippen LogP contribution in [-0.4, -0.2) is 25.7 Å². The van der Waals surface area contributed by atoms with E-state index in [-0.39, 0.29) is 11.9 Å². The van der Waals surface area contributed by atoms with Crippen LogP contribution in [0.2, 0.25) is 0 Å². The quantitative estimate of drug-likeness (QED) is 0.713. The molecule has 1 saturated heterocycles. The molecule has 1 rings (SSSR count). The van der Waals surface area contributed by atoms with Crippen LogP contribution >= 0.6 is 0 Å². The number of nitrogens with one attached hydrogen (secondary N) is 2. The molecule has 1 unspecified atom stereocenters. The van der Waals surface area contributed by atoms with Crippen LogP contribution in [0.25, 0.3) is 0 Å². The van der Waals surface area contributed by atoms with E-state index < -0.39 is 0 Å². The summed E-state index contributed by atoms with van der Waals surface area (Å²) in [5.41, 5.74) is 6.51. The second-order valence-corrected chi connectivity index (χ2v) is 7.14. The maximum Gasteiger partial charge on any atom is 0.310 e. The van der Waals surface area contributed by atoms with Gasteiger partial charge in [0.1, 0.15) is 0 Å². The molecule has 4 nitrogen and oxygen atoms in total. The smallest absolute Gasteiger partial charge is 0.310 e. The molecule has 1 fully saturated rings. The van der Waals surface area contributed by atoms with Crippen LogP contribution in [0.5, 0.6) is 0 Å². The first kappa shape index (κ1) is 21.4. The Labute approximate surface area is 149 Å². The summed E-state index contributed by atoms with van der Waals surface area (Å²) in [5, 5.41) is 0. The molecule has 4 heteroatoms. The van der Waals surface area contributed by atoms with Gasteiger partial charge >= 0.3 is 5.97 Å². The van der Waals surface area contributed by atoms with Gasteiger partial charge in [-0.2, -0.15) is 0 Å². The summed E-state index contributed by atoms with van der Waals surface area (Å²) < 4.78 is 5.22. The summed E-state index contributed by atoms with van der Waals surface area (Å²) in [6.45, 7) is 4.02. The zero-order chi connectivity index (χ0) is 17.3. The Morgan fingerprint density at radius 2 is 1.29 bits per heavy atom. The SMILES string of the molecule is CCOC(=O)C1CCCCCCCCCCCCCCCNNC1. The first-order chi connectivity index (χ1) is 11.8. The Morgan fingerprint density at radius 3 is 1.83 bits per heavy atom. The Hall–Kier alpha value is -0.610. The molecule has 0 aromatic carbocycles. The van der Waals surface area contributed by atoms with Crippen LogP contribution in [0, 0.1) is 5.92 Å². The first-order valence-corrected chi connectivity index (χ1v) is 10.5. The molecular weight excluding hydrogens is 300 g/mol. The van der Waals surface area contributed by atoms with E-state index in [0.29, 0.717) is 13.2 Å². The fraction of sp³-hybridized carbons (Fsp3) is 0.950. The lowest BCUT2D eigenvalue weighted by Crippen LogP contribution is -2.39. The van der Waals surface area contributed by atoms with Crippen molar-refractivity contribution in [3.63, 3.8) is 0 Å². The van der Waals surface area contributed by atoms with E-state index >= 15 is 0 Å². The third-order valence-electron chi connectivity index (χ3n) is 4.95. The summed E-state index contributed by atoms with van der Waals surface area (Å²) >= 11 is 0. The molecule has 0 bridgehead atoms. The Morgan fingerprint density at radius 1 is 0.792 bits per heavy atom. The number of carbonyl (C=O) groups excluding carboxylic acids is 1. The van der Waals surface area contributed by atoms with Crippen LogP contribution in [0.1, 0.15) is 96.8 Å². The van der Waals surface area contributed by atoms with E-state index in [2.05, 4.69) is 10.9 Å². The van der Waals surface area contributed by atoms with Gasteiger partial charge in [-0.15, -0.1) is 0 Å². The van der Waals surface area contributed by atoms with E-state index in [1.165, 1.54) is 77.0 Å². The molecule has 0 amide bonds. The molecule has 0 aromatic heterocycles. The number of carbonyl (C=O) groups is 1. The Balaban J connectivity index is 2.31. The van der Waals surface area contributed by atoms with Crippen molar-refractivity contribution in [1.82, 2.24) is 10.9 Å². The highest BCUT2D eigenvalue weighted by Crippen LogP contribution is 2.15. The highest BCUT2D eigenvalue weighted by Gasteiger charge is 2.18. The standard InChI is InChI=1S/C20H40N2O2/c1-2-24-20(23)19-16-14-12-10-8-6-4-3-5-7-9-11-13-15-17-21-22-18-19/h19,21-22H,2-18H2,1H3. The fourth-order valence-electron chi connectivity index (χ4n) is 3.40. The largest absolute Gasteiger partial charge is 0.466 e. The summed E-state index contributed by atoms with van der Waals surface area (Å²) in [7, 11) is 0. The molecule has 0 saturated carbocycles. The monoisotopic (exact) mass is 340 g/mol. The fourth-order valence-corrected chi connectivity index (χ4v) is 3.40. The van der Waals surface area contributed by atoms with Gasteiger partial charge in [-0.3, -0.25) is 15.6 Å². The second-order valence-electron chi connectivity index (χ2n) is 7.14. The lowest BCUT2D eigenvalue weighted by molar-refractivity contribution is -0.148. The van der Waals surface area contributed by atoms with E-state index in [9.17, 15) is 4.79 Å². The highest BCUT2D eigenvalue weighted by atomic mass is 16.5. The molecular formula is C20H40N2O2. The van der Waals surface area contributed by atoms with Gasteiger partial charge in [0, 0.05) is 13.1 Å². The van der Waals surface area contributed by atoms with E-state index in [0.717, 1.165) is 19.4 Å². The number of hydrogen-bond acceptors (Lipinski definition) is 4. The van der Waals surface area contributed by atoms with Gasteiger partial charge in [0.2, 0.25) is 0 Å². The summed E-state index contributed by atoms with van der Waals surface area (Å²) in [6, 6.07) is 0. The molecule has 1 atom stereocenters. The topological polar surface area (TPSA) is 50.4 Å². The van der Waals surface area contributed by atoms with Crippen LogP contribution in [0.15, 0.2) is 0 Å². The summed E-state index contributed by atoms with van der Waals surface area (Å²) in [5.74, 6) is -0.0581. The van der Waals surface area contributed by atoms with Gasteiger partial charge in [0.25, 0.3) is 0 Å². The van der Waals surface area contributed by atoms with Crippen molar-refractivity contribution in [1.29, 1.82) is 0 Å². The van der Waals surface area contributed by atoms with Crippen molar-refractivity contribution in [2.24, 2.45) is 5.92 Å². The molecule has 0 aromatic rings. The average Bonchev–Trinajstić information content (AvgIpc) is 2.58. The predicted molar refractivity (Wildman–Crippen MR) is 101 cm³/mol. The molecule has 2 N–H and O–H groups in total. The van der Waals surface area contributed by atoms with Crippen LogP contribution in [0.4, 0.5) is 0 Å². The Kier molecular flexibility index (Phi) is 14.2. The minimum Gasteiger partial charge on any atom is -0.466 e. The van der Waals surface area contributed by atoms with Gasteiger partial charge in [-0.05, 0) is 19.8 Å². The molecule has 1 aliphatic heterocycles. The molecule has 142 valence electrons. The van der Waals surface area contributed by atoms with Crippen LogP contribution < -0.4 is 10.9 Å². The zero-order valence-corrected chi connectivity index (χ0v) is 15.9. The van der Waals surface area contributed by atoms with Gasteiger partial charge in [0.15, 0.2) is 0 Å². The first-order valence-electron chi connectivity index (χ1n) is 10.5. The molecule has 0 spiro atoms. The van der Waals surface area contributed by atoms with Crippen molar-refractivity contribution in [2.45, 2.75) is 96.8 Å². The number of ether oxygens (including phenoxy) is 1. The van der Waals surface area contributed by atoms with Crippen molar-refractivity contribution in [2.75, 3.05) is 19.7 Å². The van der Waals surface area contributed by atoms with Crippen LogP contribution in [-0.2, 0) is 9.53 Å².